The topological polar surface area (TPSA) is 53.5 Å². The van der Waals surface area contributed by atoms with Crippen LogP contribution in [-0.2, 0) is 10.0 Å². The van der Waals surface area contributed by atoms with Crippen LogP contribution in [0, 0.1) is 5.82 Å². The van der Waals surface area contributed by atoms with Gasteiger partial charge < -0.3 is 4.90 Å². The Balaban J connectivity index is 1.50. The molecule has 4 rings (SSSR count). The Morgan fingerprint density at radius 1 is 1.04 bits per heavy atom. The highest BCUT2D eigenvalue weighted by Crippen LogP contribution is 2.31. The van der Waals surface area contributed by atoms with E-state index in [0.717, 1.165) is 27.5 Å². The lowest BCUT2D eigenvalue weighted by Gasteiger charge is -2.33. The molecule has 3 aromatic rings. The van der Waals surface area contributed by atoms with E-state index in [4.69, 9.17) is 11.6 Å². The van der Waals surface area contributed by atoms with Gasteiger partial charge in [0, 0.05) is 31.2 Å². The maximum Gasteiger partial charge on any atom is 0.243 e. The van der Waals surface area contributed by atoms with Crippen molar-refractivity contribution in [1.82, 2.24) is 9.29 Å². The summed E-state index contributed by atoms with van der Waals surface area (Å²) in [7, 11) is -3.61. The lowest BCUT2D eigenvalue weighted by atomic mass is 10.3. The summed E-state index contributed by atoms with van der Waals surface area (Å²) in [5.74, 6) is -0.454. The van der Waals surface area contributed by atoms with Crippen molar-refractivity contribution in [2.75, 3.05) is 31.1 Å². The summed E-state index contributed by atoms with van der Waals surface area (Å²) in [4.78, 5) is 6.80. The minimum Gasteiger partial charge on any atom is -0.345 e. The van der Waals surface area contributed by atoms with Crippen LogP contribution in [-0.4, -0.2) is 43.9 Å². The van der Waals surface area contributed by atoms with Crippen molar-refractivity contribution in [2.24, 2.45) is 0 Å². The molecule has 0 spiro atoms. The van der Waals surface area contributed by atoms with Crippen molar-refractivity contribution in [3.05, 3.63) is 53.3 Å². The lowest BCUT2D eigenvalue weighted by molar-refractivity contribution is 0.385. The van der Waals surface area contributed by atoms with Gasteiger partial charge in [-0.1, -0.05) is 22.9 Å². The van der Waals surface area contributed by atoms with Gasteiger partial charge in [-0.3, -0.25) is 0 Å². The van der Waals surface area contributed by atoms with E-state index in [9.17, 15) is 12.8 Å². The molecule has 0 saturated carbocycles. The van der Waals surface area contributed by atoms with Crippen LogP contribution in [0.1, 0.15) is 0 Å². The summed E-state index contributed by atoms with van der Waals surface area (Å²) < 4.78 is 40.8. The molecule has 0 amide bonds. The number of hydrogen-bond donors (Lipinski definition) is 0. The van der Waals surface area contributed by atoms with Crippen molar-refractivity contribution in [2.45, 2.75) is 4.90 Å². The Hall–Kier alpha value is -1.74. The first-order valence-corrected chi connectivity index (χ1v) is 10.6. The molecule has 26 heavy (non-hydrogen) atoms. The molecule has 0 unspecified atom stereocenters. The molecule has 2 aromatic carbocycles. The van der Waals surface area contributed by atoms with Crippen LogP contribution in [0.2, 0.25) is 5.02 Å². The number of hydrogen-bond acceptors (Lipinski definition) is 5. The molecule has 1 fully saturated rings. The Morgan fingerprint density at radius 3 is 2.42 bits per heavy atom. The van der Waals surface area contributed by atoms with E-state index in [1.54, 1.807) is 17.4 Å². The van der Waals surface area contributed by atoms with Crippen molar-refractivity contribution in [1.29, 1.82) is 0 Å². The highest BCUT2D eigenvalue weighted by molar-refractivity contribution is 7.89. The predicted octanol–water partition coefficient (Wildman–Crippen LogP) is 3.60. The highest BCUT2D eigenvalue weighted by Gasteiger charge is 2.29. The fourth-order valence-corrected chi connectivity index (χ4v) is 5.61. The van der Waals surface area contributed by atoms with E-state index in [1.807, 2.05) is 12.1 Å². The van der Waals surface area contributed by atoms with Gasteiger partial charge in [0.1, 0.15) is 5.82 Å². The molecule has 0 atom stereocenters. The number of nitrogens with zero attached hydrogens (tertiary/aromatic N) is 3. The van der Waals surface area contributed by atoms with E-state index >= 15 is 0 Å². The van der Waals surface area contributed by atoms with Crippen LogP contribution in [0.3, 0.4) is 0 Å². The van der Waals surface area contributed by atoms with Gasteiger partial charge in [-0.15, -0.1) is 0 Å². The minimum absolute atomic E-state index is 0.113. The van der Waals surface area contributed by atoms with Crippen molar-refractivity contribution >= 4 is 48.3 Å². The van der Waals surface area contributed by atoms with Gasteiger partial charge in [-0.25, -0.2) is 17.8 Å². The van der Waals surface area contributed by atoms with Gasteiger partial charge >= 0.3 is 0 Å². The molecule has 1 saturated heterocycles. The number of fused-ring (bicyclic) bond motifs is 1. The molecule has 0 bridgehead atoms. The van der Waals surface area contributed by atoms with Crippen molar-refractivity contribution in [3.63, 3.8) is 0 Å². The molecule has 1 aromatic heterocycles. The first kappa shape index (κ1) is 17.7. The van der Waals surface area contributed by atoms with Crippen molar-refractivity contribution in [3.8, 4) is 0 Å². The number of rotatable bonds is 3. The molecule has 0 aliphatic carbocycles. The van der Waals surface area contributed by atoms with Gasteiger partial charge in [-0.05, 0) is 42.5 Å². The van der Waals surface area contributed by atoms with E-state index in [-0.39, 0.29) is 4.90 Å². The molecule has 5 nitrogen and oxygen atoms in total. The van der Waals surface area contributed by atoms with E-state index in [0.29, 0.717) is 31.2 Å². The second-order valence-corrected chi connectivity index (χ2v) is 9.34. The SMILES string of the molecule is O=S(=O)(c1ccc(F)cc1)N1CCN(c2nc3ccc(Cl)cc3s2)CC1. The highest BCUT2D eigenvalue weighted by atomic mass is 35.5. The summed E-state index contributed by atoms with van der Waals surface area (Å²) in [6.07, 6.45) is 0. The van der Waals surface area contributed by atoms with Gasteiger partial charge in [0.05, 0.1) is 15.1 Å². The monoisotopic (exact) mass is 411 g/mol. The molecule has 136 valence electrons. The summed E-state index contributed by atoms with van der Waals surface area (Å²) in [6, 6.07) is 10.5. The van der Waals surface area contributed by atoms with Gasteiger partial charge in [-0.2, -0.15) is 4.31 Å². The first-order chi connectivity index (χ1) is 12.4. The Morgan fingerprint density at radius 2 is 1.73 bits per heavy atom. The standard InChI is InChI=1S/C17H15ClFN3O2S2/c18-12-1-6-15-16(11-12)25-17(20-15)21-7-9-22(10-8-21)26(23,24)14-4-2-13(19)3-5-14/h1-6,11H,7-10H2. The average Bonchev–Trinajstić information content (AvgIpc) is 3.05. The smallest absolute Gasteiger partial charge is 0.243 e. The zero-order valence-corrected chi connectivity index (χ0v) is 16.0. The summed E-state index contributed by atoms with van der Waals surface area (Å²) in [5, 5.41) is 1.53. The molecule has 1 aliphatic heterocycles. The van der Waals surface area contributed by atoms with Crippen LogP contribution < -0.4 is 4.90 Å². The fraction of sp³-hybridized carbons (Fsp3) is 0.235. The summed E-state index contributed by atoms with van der Waals surface area (Å²) >= 11 is 7.56. The van der Waals surface area contributed by atoms with Gasteiger partial charge in [0.25, 0.3) is 0 Å². The molecular weight excluding hydrogens is 397 g/mol. The molecular formula is C17H15ClFN3O2S2. The Bertz CT molecular complexity index is 1050. The maximum atomic E-state index is 13.0. The maximum absolute atomic E-state index is 13.0. The number of benzene rings is 2. The van der Waals surface area contributed by atoms with Crippen LogP contribution in [0.15, 0.2) is 47.4 Å². The number of thiazole rings is 1. The first-order valence-electron chi connectivity index (χ1n) is 8.00. The number of sulfonamides is 1. The quantitative estimate of drug-likeness (QED) is 0.660. The van der Waals surface area contributed by atoms with Gasteiger partial charge in [0.2, 0.25) is 10.0 Å². The zero-order valence-electron chi connectivity index (χ0n) is 13.6. The fourth-order valence-electron chi connectivity index (χ4n) is 2.90. The van der Waals surface area contributed by atoms with Crippen LogP contribution in [0.25, 0.3) is 10.2 Å². The number of aromatic nitrogens is 1. The largest absolute Gasteiger partial charge is 0.345 e. The summed E-state index contributed by atoms with van der Waals surface area (Å²) in [5.41, 5.74) is 0.885. The van der Waals surface area contributed by atoms with E-state index in [2.05, 4.69) is 9.88 Å². The minimum atomic E-state index is -3.61. The van der Waals surface area contributed by atoms with Gasteiger partial charge in [0.15, 0.2) is 5.13 Å². The normalized spacial score (nSPS) is 16.3. The Labute approximate surface area is 159 Å². The average molecular weight is 412 g/mol. The van der Waals surface area contributed by atoms with Crippen molar-refractivity contribution < 1.29 is 12.8 Å². The lowest BCUT2D eigenvalue weighted by Crippen LogP contribution is -2.48. The predicted molar refractivity (Wildman–Crippen MR) is 102 cm³/mol. The third-order valence-corrected chi connectivity index (χ3v) is 7.53. The molecule has 0 radical (unpaired) electrons. The molecule has 9 heteroatoms. The van der Waals surface area contributed by atoms with Crippen LogP contribution >= 0.6 is 22.9 Å². The third-order valence-electron chi connectivity index (χ3n) is 4.30. The third kappa shape index (κ3) is 3.29. The number of halogens is 2. The zero-order chi connectivity index (χ0) is 18.3. The van der Waals surface area contributed by atoms with E-state index in [1.165, 1.54) is 16.4 Å². The molecule has 0 N–H and O–H groups in total. The van der Waals surface area contributed by atoms with Crippen LogP contribution in [0.5, 0.6) is 0 Å². The second kappa shape index (κ2) is 6.77. The Kier molecular flexibility index (Phi) is 4.60. The molecule has 1 aliphatic rings. The molecule has 2 heterocycles. The number of anilines is 1. The number of piperazine rings is 1. The van der Waals surface area contributed by atoms with E-state index < -0.39 is 15.8 Å². The van der Waals surface area contributed by atoms with Crippen LogP contribution in [0.4, 0.5) is 9.52 Å². The second-order valence-electron chi connectivity index (χ2n) is 5.95. The summed E-state index contributed by atoms with van der Waals surface area (Å²) in [6.45, 7) is 1.81.